The molecule has 2 N–H and O–H groups in total. The molecule has 1 rings (SSSR count). The van der Waals surface area contributed by atoms with Crippen molar-refractivity contribution in [1.82, 2.24) is 5.32 Å². The van der Waals surface area contributed by atoms with E-state index in [9.17, 15) is 4.79 Å². The van der Waals surface area contributed by atoms with E-state index in [0.29, 0.717) is 6.42 Å². The maximum absolute atomic E-state index is 11.7. The summed E-state index contributed by atoms with van der Waals surface area (Å²) in [5, 5.41) is 11.6. The van der Waals surface area contributed by atoms with Crippen molar-refractivity contribution < 1.29 is 14.6 Å². The molecule has 0 fully saturated rings. The minimum Gasteiger partial charge on any atom is -0.497 e. The molecule has 4 heteroatoms. The van der Waals surface area contributed by atoms with Gasteiger partial charge < -0.3 is 15.2 Å². The number of rotatable bonds is 6. The third kappa shape index (κ3) is 4.37. The first-order chi connectivity index (χ1) is 8.56. The van der Waals surface area contributed by atoms with Crippen LogP contribution in [-0.2, 0) is 4.79 Å². The number of nitrogens with one attached hydrogen (secondary N) is 1. The Labute approximate surface area is 108 Å². The number of ether oxygens (including phenoxy) is 1. The Bertz CT molecular complexity index is 392. The summed E-state index contributed by atoms with van der Waals surface area (Å²) in [5.74, 6) is 0.862. The number of amides is 1. The summed E-state index contributed by atoms with van der Waals surface area (Å²) in [4.78, 5) is 11.7. The van der Waals surface area contributed by atoms with Crippen LogP contribution >= 0.6 is 0 Å². The number of aliphatic hydroxyl groups is 1. The number of methoxy groups -OCH3 is 1. The topological polar surface area (TPSA) is 58.6 Å². The first kappa shape index (κ1) is 14.5. The lowest BCUT2D eigenvalue weighted by Crippen LogP contribution is -2.35. The van der Waals surface area contributed by atoms with E-state index in [1.54, 1.807) is 14.0 Å². The molecule has 0 bridgehead atoms. The molecule has 2 atom stereocenters. The van der Waals surface area contributed by atoms with Gasteiger partial charge in [-0.3, -0.25) is 4.79 Å². The molecule has 0 aliphatic carbocycles. The summed E-state index contributed by atoms with van der Waals surface area (Å²) in [6.07, 6.45) is 0.400. The second kappa shape index (κ2) is 7.01. The van der Waals surface area contributed by atoms with E-state index in [1.165, 1.54) is 0 Å². The van der Waals surface area contributed by atoms with E-state index in [0.717, 1.165) is 11.3 Å². The van der Waals surface area contributed by atoms with Crippen molar-refractivity contribution >= 4 is 5.91 Å². The van der Waals surface area contributed by atoms with Gasteiger partial charge in [-0.05, 0) is 30.5 Å². The Morgan fingerprint density at radius 3 is 2.78 bits per heavy atom. The van der Waals surface area contributed by atoms with E-state index in [1.807, 2.05) is 31.2 Å². The van der Waals surface area contributed by atoms with E-state index in [4.69, 9.17) is 9.84 Å². The van der Waals surface area contributed by atoms with Crippen LogP contribution in [0, 0.1) is 0 Å². The van der Waals surface area contributed by atoms with Crippen LogP contribution in [0.25, 0.3) is 0 Å². The van der Waals surface area contributed by atoms with Gasteiger partial charge in [-0.15, -0.1) is 0 Å². The van der Waals surface area contributed by atoms with Crippen LogP contribution in [0.15, 0.2) is 24.3 Å². The fourth-order valence-corrected chi connectivity index (χ4v) is 1.72. The highest BCUT2D eigenvalue weighted by Crippen LogP contribution is 2.22. The molecule has 4 nitrogen and oxygen atoms in total. The summed E-state index contributed by atoms with van der Waals surface area (Å²) in [6, 6.07) is 7.52. The molecule has 1 amide bonds. The van der Waals surface area contributed by atoms with E-state index in [2.05, 4.69) is 5.32 Å². The number of hydrogen-bond acceptors (Lipinski definition) is 3. The molecular weight excluding hydrogens is 230 g/mol. The number of carbonyl (C=O) groups excluding carboxylic acids is 1. The highest BCUT2D eigenvalue weighted by Gasteiger charge is 2.13. The summed E-state index contributed by atoms with van der Waals surface area (Å²) in [5.41, 5.74) is 1.07. The maximum Gasteiger partial charge on any atom is 0.220 e. The van der Waals surface area contributed by atoms with Crippen molar-refractivity contribution in [3.63, 3.8) is 0 Å². The SMILES string of the molecule is COc1cccc(C(C)CC(=O)NC(C)CO)c1. The molecule has 0 radical (unpaired) electrons. The van der Waals surface area contributed by atoms with Crippen LogP contribution in [0.3, 0.4) is 0 Å². The fourth-order valence-electron chi connectivity index (χ4n) is 1.72. The molecule has 0 saturated heterocycles. The highest BCUT2D eigenvalue weighted by molar-refractivity contribution is 5.77. The van der Waals surface area contributed by atoms with Crippen LogP contribution in [-0.4, -0.2) is 30.8 Å². The van der Waals surface area contributed by atoms with Crippen molar-refractivity contribution in [3.05, 3.63) is 29.8 Å². The lowest BCUT2D eigenvalue weighted by molar-refractivity contribution is -0.122. The lowest BCUT2D eigenvalue weighted by atomic mass is 9.97. The zero-order valence-electron chi connectivity index (χ0n) is 11.1. The van der Waals surface area contributed by atoms with Gasteiger partial charge >= 0.3 is 0 Å². The van der Waals surface area contributed by atoms with Gasteiger partial charge in [0.25, 0.3) is 0 Å². The van der Waals surface area contributed by atoms with Crippen molar-refractivity contribution in [2.24, 2.45) is 0 Å². The Morgan fingerprint density at radius 1 is 1.44 bits per heavy atom. The zero-order chi connectivity index (χ0) is 13.5. The first-order valence-corrected chi connectivity index (χ1v) is 6.11. The Morgan fingerprint density at radius 2 is 2.17 bits per heavy atom. The van der Waals surface area contributed by atoms with Crippen LogP contribution < -0.4 is 10.1 Å². The predicted octanol–water partition coefficient (Wildman–Crippen LogP) is 1.69. The second-order valence-electron chi connectivity index (χ2n) is 4.53. The predicted molar refractivity (Wildman–Crippen MR) is 70.7 cm³/mol. The molecule has 0 aliphatic heterocycles. The molecule has 2 unspecified atom stereocenters. The highest BCUT2D eigenvalue weighted by atomic mass is 16.5. The largest absolute Gasteiger partial charge is 0.497 e. The third-order valence-electron chi connectivity index (χ3n) is 2.84. The molecular formula is C14H21NO3. The molecule has 0 spiro atoms. The molecule has 0 heterocycles. The monoisotopic (exact) mass is 251 g/mol. The van der Waals surface area contributed by atoms with Crippen LogP contribution in [0.1, 0.15) is 31.7 Å². The van der Waals surface area contributed by atoms with Crippen molar-refractivity contribution in [3.8, 4) is 5.75 Å². The van der Waals surface area contributed by atoms with Crippen molar-refractivity contribution in [1.29, 1.82) is 0 Å². The number of aliphatic hydroxyl groups excluding tert-OH is 1. The van der Waals surface area contributed by atoms with Gasteiger partial charge in [0.15, 0.2) is 0 Å². The summed E-state index contributed by atoms with van der Waals surface area (Å²) in [7, 11) is 1.62. The van der Waals surface area contributed by atoms with Gasteiger partial charge in [0, 0.05) is 12.5 Å². The number of hydrogen-bond donors (Lipinski definition) is 2. The smallest absolute Gasteiger partial charge is 0.220 e. The lowest BCUT2D eigenvalue weighted by Gasteiger charge is -2.15. The summed E-state index contributed by atoms with van der Waals surface area (Å²) >= 11 is 0. The van der Waals surface area contributed by atoms with Crippen LogP contribution in [0.2, 0.25) is 0 Å². The number of benzene rings is 1. The van der Waals surface area contributed by atoms with E-state index in [-0.39, 0.29) is 24.5 Å². The molecule has 1 aromatic rings. The minimum atomic E-state index is -0.199. The van der Waals surface area contributed by atoms with Gasteiger partial charge in [-0.25, -0.2) is 0 Å². The quantitative estimate of drug-likeness (QED) is 0.809. The second-order valence-corrected chi connectivity index (χ2v) is 4.53. The van der Waals surface area contributed by atoms with Gasteiger partial charge in [0.1, 0.15) is 5.75 Å². The third-order valence-corrected chi connectivity index (χ3v) is 2.84. The van der Waals surface area contributed by atoms with E-state index >= 15 is 0 Å². The van der Waals surface area contributed by atoms with Crippen molar-refractivity contribution in [2.45, 2.75) is 32.2 Å². The average molecular weight is 251 g/mol. The summed E-state index contributed by atoms with van der Waals surface area (Å²) < 4.78 is 5.16. The Hall–Kier alpha value is -1.55. The summed E-state index contributed by atoms with van der Waals surface area (Å²) in [6.45, 7) is 3.73. The molecule has 1 aromatic carbocycles. The Kier molecular flexibility index (Phi) is 5.65. The van der Waals surface area contributed by atoms with Crippen molar-refractivity contribution in [2.75, 3.05) is 13.7 Å². The van der Waals surface area contributed by atoms with E-state index < -0.39 is 0 Å². The van der Waals surface area contributed by atoms with Gasteiger partial charge in [-0.1, -0.05) is 19.1 Å². The maximum atomic E-state index is 11.7. The first-order valence-electron chi connectivity index (χ1n) is 6.11. The molecule has 18 heavy (non-hydrogen) atoms. The normalized spacial score (nSPS) is 13.8. The number of carbonyl (C=O) groups is 1. The molecule has 0 aromatic heterocycles. The van der Waals surface area contributed by atoms with Gasteiger partial charge in [-0.2, -0.15) is 0 Å². The fraction of sp³-hybridized carbons (Fsp3) is 0.500. The minimum absolute atomic E-state index is 0.0424. The van der Waals surface area contributed by atoms with Gasteiger partial charge in [0.05, 0.1) is 13.7 Å². The van der Waals surface area contributed by atoms with Crippen LogP contribution in [0.5, 0.6) is 5.75 Å². The zero-order valence-corrected chi connectivity index (χ0v) is 11.1. The molecule has 0 saturated carbocycles. The average Bonchev–Trinajstić information content (AvgIpc) is 2.38. The standard InChI is InChI=1S/C14H21NO3/c1-10(7-14(17)15-11(2)9-16)12-5-4-6-13(8-12)18-3/h4-6,8,10-11,16H,7,9H2,1-3H3,(H,15,17). The Balaban J connectivity index is 2.58. The van der Waals surface area contributed by atoms with Gasteiger partial charge in [0.2, 0.25) is 5.91 Å². The van der Waals surface area contributed by atoms with Crippen LogP contribution in [0.4, 0.5) is 0 Å². The molecule has 0 aliphatic rings. The molecule has 100 valence electrons.